The van der Waals surface area contributed by atoms with Crippen molar-refractivity contribution in [3.8, 4) is 11.6 Å². The smallest absolute Gasteiger partial charge is 0.220 e. The standard InChI is InChI=1S/C11H9ClN2O/c12-9-6-11(14-7-10(9)13)15-8-4-2-1-3-5-8/h1-7H,13H2. The number of nitrogens with two attached hydrogens (primary N) is 1. The summed E-state index contributed by atoms with van der Waals surface area (Å²) in [5.41, 5.74) is 5.97. The van der Waals surface area contributed by atoms with Crippen molar-refractivity contribution < 1.29 is 4.74 Å². The van der Waals surface area contributed by atoms with E-state index in [4.69, 9.17) is 22.1 Å². The second kappa shape index (κ2) is 4.19. The summed E-state index contributed by atoms with van der Waals surface area (Å²) in [6.45, 7) is 0. The Morgan fingerprint density at radius 1 is 1.20 bits per heavy atom. The molecule has 2 N–H and O–H groups in total. The van der Waals surface area contributed by atoms with Crippen LogP contribution in [0.1, 0.15) is 0 Å². The Hall–Kier alpha value is -1.74. The molecule has 76 valence electrons. The number of hydrogen-bond acceptors (Lipinski definition) is 3. The first kappa shape index (κ1) is 9.80. The first-order valence-electron chi connectivity index (χ1n) is 4.39. The Morgan fingerprint density at radius 2 is 1.93 bits per heavy atom. The molecule has 0 radical (unpaired) electrons. The molecule has 1 aromatic heterocycles. The van der Waals surface area contributed by atoms with Crippen LogP contribution in [0, 0.1) is 0 Å². The van der Waals surface area contributed by atoms with Crippen molar-refractivity contribution in [1.29, 1.82) is 0 Å². The van der Waals surface area contributed by atoms with Gasteiger partial charge in [-0.2, -0.15) is 0 Å². The van der Waals surface area contributed by atoms with Gasteiger partial charge in [0, 0.05) is 6.07 Å². The van der Waals surface area contributed by atoms with Gasteiger partial charge in [-0.15, -0.1) is 0 Å². The second-order valence-corrected chi connectivity index (χ2v) is 3.37. The Balaban J connectivity index is 2.22. The van der Waals surface area contributed by atoms with Gasteiger partial charge in [0.05, 0.1) is 16.9 Å². The summed E-state index contributed by atoms with van der Waals surface area (Å²) in [6, 6.07) is 10.9. The van der Waals surface area contributed by atoms with Crippen molar-refractivity contribution in [2.45, 2.75) is 0 Å². The van der Waals surface area contributed by atoms with Gasteiger partial charge in [0.15, 0.2) is 0 Å². The summed E-state index contributed by atoms with van der Waals surface area (Å²) in [5.74, 6) is 1.14. The van der Waals surface area contributed by atoms with E-state index in [1.165, 1.54) is 6.20 Å². The number of nitrogens with zero attached hydrogens (tertiary/aromatic N) is 1. The average Bonchev–Trinajstić information content (AvgIpc) is 2.25. The maximum atomic E-state index is 5.84. The van der Waals surface area contributed by atoms with E-state index in [0.29, 0.717) is 22.3 Å². The van der Waals surface area contributed by atoms with Crippen molar-refractivity contribution in [2.24, 2.45) is 0 Å². The molecule has 0 fully saturated rings. The Bertz CT molecular complexity index is 459. The fourth-order valence-corrected chi connectivity index (χ4v) is 1.23. The Morgan fingerprint density at radius 3 is 2.60 bits per heavy atom. The molecule has 4 heteroatoms. The number of ether oxygens (including phenoxy) is 1. The van der Waals surface area contributed by atoms with Gasteiger partial charge >= 0.3 is 0 Å². The summed E-state index contributed by atoms with van der Waals surface area (Å²) in [4.78, 5) is 4.00. The lowest BCUT2D eigenvalue weighted by Crippen LogP contribution is -1.91. The van der Waals surface area contributed by atoms with E-state index < -0.39 is 0 Å². The summed E-state index contributed by atoms with van der Waals surface area (Å²) >= 11 is 5.84. The maximum Gasteiger partial charge on any atom is 0.220 e. The minimum atomic E-state index is 0.431. The number of para-hydroxylation sites is 1. The van der Waals surface area contributed by atoms with Crippen molar-refractivity contribution in [3.63, 3.8) is 0 Å². The van der Waals surface area contributed by atoms with Gasteiger partial charge < -0.3 is 10.5 Å². The first-order chi connectivity index (χ1) is 7.25. The van der Waals surface area contributed by atoms with E-state index >= 15 is 0 Å². The predicted molar refractivity (Wildman–Crippen MR) is 60.2 cm³/mol. The number of hydrogen-bond donors (Lipinski definition) is 1. The second-order valence-electron chi connectivity index (χ2n) is 2.96. The molecule has 0 amide bonds. The van der Waals surface area contributed by atoms with E-state index in [-0.39, 0.29) is 0 Å². The molecule has 0 unspecified atom stereocenters. The summed E-state index contributed by atoms with van der Waals surface area (Å²) in [7, 11) is 0. The molecule has 0 saturated heterocycles. The normalized spacial score (nSPS) is 9.93. The number of rotatable bonds is 2. The topological polar surface area (TPSA) is 48.1 Å². The highest BCUT2D eigenvalue weighted by Gasteiger charge is 2.01. The number of aromatic nitrogens is 1. The zero-order valence-corrected chi connectivity index (χ0v) is 8.61. The fourth-order valence-electron chi connectivity index (χ4n) is 1.09. The molecule has 3 nitrogen and oxygen atoms in total. The lowest BCUT2D eigenvalue weighted by Gasteiger charge is -2.05. The molecule has 1 aromatic carbocycles. The zero-order valence-electron chi connectivity index (χ0n) is 7.85. The van der Waals surface area contributed by atoms with Crippen LogP contribution in [0.5, 0.6) is 11.6 Å². The molecule has 0 atom stereocenters. The number of nitrogen functional groups attached to an aromatic ring is 1. The van der Waals surface area contributed by atoms with Crippen LogP contribution in [0.2, 0.25) is 5.02 Å². The molecule has 0 bridgehead atoms. The van der Waals surface area contributed by atoms with Crippen molar-refractivity contribution >= 4 is 17.3 Å². The van der Waals surface area contributed by atoms with Crippen LogP contribution in [0.3, 0.4) is 0 Å². The van der Waals surface area contributed by atoms with Gasteiger partial charge in [0.1, 0.15) is 5.75 Å². The van der Waals surface area contributed by atoms with E-state index in [1.807, 2.05) is 30.3 Å². The first-order valence-corrected chi connectivity index (χ1v) is 4.77. The SMILES string of the molecule is Nc1cnc(Oc2ccccc2)cc1Cl. The molecule has 1 heterocycles. The van der Waals surface area contributed by atoms with E-state index in [2.05, 4.69) is 4.98 Å². The third kappa shape index (κ3) is 2.39. The number of halogens is 1. The predicted octanol–water partition coefficient (Wildman–Crippen LogP) is 3.11. The van der Waals surface area contributed by atoms with Gasteiger partial charge in [-0.1, -0.05) is 29.8 Å². The van der Waals surface area contributed by atoms with Crippen molar-refractivity contribution in [3.05, 3.63) is 47.6 Å². The molecule has 0 saturated carbocycles. The van der Waals surface area contributed by atoms with E-state index in [9.17, 15) is 0 Å². The van der Waals surface area contributed by atoms with Crippen LogP contribution in [0.4, 0.5) is 5.69 Å². The average molecular weight is 221 g/mol. The van der Waals surface area contributed by atoms with E-state index in [1.54, 1.807) is 6.07 Å². The highest BCUT2D eigenvalue weighted by atomic mass is 35.5. The Labute approximate surface area is 92.5 Å². The van der Waals surface area contributed by atoms with Crippen LogP contribution < -0.4 is 10.5 Å². The molecule has 2 rings (SSSR count). The van der Waals surface area contributed by atoms with Crippen LogP contribution in [-0.2, 0) is 0 Å². The number of benzene rings is 1. The minimum Gasteiger partial charge on any atom is -0.439 e. The van der Waals surface area contributed by atoms with Gasteiger partial charge in [-0.05, 0) is 12.1 Å². The van der Waals surface area contributed by atoms with Crippen LogP contribution in [0.15, 0.2) is 42.6 Å². The molecule has 2 aromatic rings. The van der Waals surface area contributed by atoms with Gasteiger partial charge in [-0.25, -0.2) is 4.98 Å². The van der Waals surface area contributed by atoms with Crippen LogP contribution >= 0.6 is 11.6 Å². The molecule has 15 heavy (non-hydrogen) atoms. The molecule has 0 aliphatic carbocycles. The molecule has 0 aliphatic heterocycles. The van der Waals surface area contributed by atoms with Gasteiger partial charge in [0.2, 0.25) is 5.88 Å². The summed E-state index contributed by atoms with van der Waals surface area (Å²) in [6.07, 6.45) is 1.47. The summed E-state index contributed by atoms with van der Waals surface area (Å²) < 4.78 is 5.46. The molecular formula is C11H9ClN2O. The van der Waals surface area contributed by atoms with Crippen LogP contribution in [0.25, 0.3) is 0 Å². The summed E-state index contributed by atoms with van der Waals surface area (Å²) in [5, 5.41) is 0.441. The lowest BCUT2D eigenvalue weighted by atomic mass is 10.3. The highest BCUT2D eigenvalue weighted by molar-refractivity contribution is 6.33. The Kier molecular flexibility index (Phi) is 2.74. The monoisotopic (exact) mass is 220 g/mol. The molecule has 0 spiro atoms. The number of anilines is 1. The van der Waals surface area contributed by atoms with Gasteiger partial charge in [-0.3, -0.25) is 0 Å². The highest BCUT2D eigenvalue weighted by Crippen LogP contribution is 2.25. The van der Waals surface area contributed by atoms with Crippen LogP contribution in [-0.4, -0.2) is 4.98 Å². The van der Waals surface area contributed by atoms with E-state index in [0.717, 1.165) is 0 Å². The van der Waals surface area contributed by atoms with Crippen molar-refractivity contribution in [2.75, 3.05) is 5.73 Å². The van der Waals surface area contributed by atoms with Gasteiger partial charge in [0.25, 0.3) is 0 Å². The third-order valence-corrected chi connectivity index (χ3v) is 2.15. The lowest BCUT2D eigenvalue weighted by molar-refractivity contribution is 0.463. The third-order valence-electron chi connectivity index (χ3n) is 1.82. The molecular weight excluding hydrogens is 212 g/mol. The van der Waals surface area contributed by atoms with Crippen molar-refractivity contribution in [1.82, 2.24) is 4.98 Å². The minimum absolute atomic E-state index is 0.431. The zero-order chi connectivity index (χ0) is 10.7. The largest absolute Gasteiger partial charge is 0.439 e. The number of pyridine rings is 1. The fraction of sp³-hybridized carbons (Fsp3) is 0. The molecule has 0 aliphatic rings. The quantitative estimate of drug-likeness (QED) is 0.846. The maximum absolute atomic E-state index is 5.84.